The van der Waals surface area contributed by atoms with Crippen LogP contribution >= 0.6 is 0 Å². The second kappa shape index (κ2) is 4.62. The highest BCUT2D eigenvalue weighted by atomic mass is 32.2. The minimum absolute atomic E-state index is 0.246. The largest absolute Gasteiger partial charge is 0.313 e. The molecule has 1 aliphatic rings. The molecule has 0 aromatic rings. The summed E-state index contributed by atoms with van der Waals surface area (Å²) in [4.78, 5) is 0. The lowest BCUT2D eigenvalue weighted by molar-refractivity contribution is 0.245. The molecule has 84 valence electrons. The average Bonchev–Trinajstić information content (AvgIpc) is 2.00. The molecule has 0 atom stereocenters. The molecule has 0 spiro atoms. The zero-order valence-corrected chi connectivity index (χ0v) is 10.1. The number of rotatable bonds is 5. The number of nitrogens with one attached hydrogen (secondary N) is 1. The van der Waals surface area contributed by atoms with Gasteiger partial charge in [0.2, 0.25) is 0 Å². The Morgan fingerprint density at radius 3 is 2.36 bits per heavy atom. The summed E-state index contributed by atoms with van der Waals surface area (Å²) >= 11 is 0. The number of hydrogen-bond acceptors (Lipinski definition) is 3. The fraction of sp³-hybridized carbons (Fsp3) is 1.00. The molecule has 1 aliphatic carbocycles. The smallest absolute Gasteiger partial charge is 0.153 e. The van der Waals surface area contributed by atoms with Gasteiger partial charge in [0.1, 0.15) is 0 Å². The van der Waals surface area contributed by atoms with E-state index in [9.17, 15) is 8.42 Å². The van der Waals surface area contributed by atoms with E-state index in [0.717, 1.165) is 5.92 Å². The van der Waals surface area contributed by atoms with Crippen molar-refractivity contribution in [1.29, 1.82) is 0 Å². The maximum Gasteiger partial charge on any atom is 0.153 e. The lowest BCUT2D eigenvalue weighted by Gasteiger charge is -2.33. The highest BCUT2D eigenvalue weighted by Gasteiger charge is 2.25. The molecule has 1 rings (SSSR count). The zero-order chi connectivity index (χ0) is 10.8. The fourth-order valence-electron chi connectivity index (χ4n) is 1.71. The van der Waals surface area contributed by atoms with Crippen LogP contribution in [0.25, 0.3) is 0 Å². The predicted molar refractivity (Wildman–Crippen MR) is 59.1 cm³/mol. The molecule has 0 aromatic heterocycles. The van der Waals surface area contributed by atoms with Gasteiger partial charge < -0.3 is 5.32 Å². The van der Waals surface area contributed by atoms with Gasteiger partial charge in [0, 0.05) is 12.6 Å². The van der Waals surface area contributed by atoms with Crippen molar-refractivity contribution in [3.63, 3.8) is 0 Å². The van der Waals surface area contributed by atoms with Crippen LogP contribution in [0.5, 0.6) is 0 Å². The lowest BCUT2D eigenvalue weighted by Crippen LogP contribution is -2.42. The molecule has 0 bridgehead atoms. The molecular formula is C10H21NO2S. The molecule has 3 nitrogen and oxygen atoms in total. The SMILES string of the molecule is CC1CC(NCCS(=O)(=O)C(C)C)C1. The summed E-state index contributed by atoms with van der Waals surface area (Å²) < 4.78 is 22.9. The molecule has 0 aliphatic heterocycles. The Morgan fingerprint density at radius 1 is 1.36 bits per heavy atom. The maximum absolute atomic E-state index is 11.4. The first-order chi connectivity index (χ1) is 6.42. The van der Waals surface area contributed by atoms with E-state index >= 15 is 0 Å². The molecule has 14 heavy (non-hydrogen) atoms. The van der Waals surface area contributed by atoms with Crippen molar-refractivity contribution < 1.29 is 8.42 Å². The minimum Gasteiger partial charge on any atom is -0.313 e. The normalized spacial score (nSPS) is 27.7. The molecule has 1 saturated carbocycles. The maximum atomic E-state index is 11.4. The van der Waals surface area contributed by atoms with Gasteiger partial charge in [-0.15, -0.1) is 0 Å². The third kappa shape index (κ3) is 3.24. The second-order valence-corrected chi connectivity index (χ2v) is 7.32. The molecule has 0 amide bonds. The fourth-order valence-corrected chi connectivity index (χ4v) is 2.58. The Balaban J connectivity index is 2.15. The van der Waals surface area contributed by atoms with Gasteiger partial charge in [0.15, 0.2) is 9.84 Å². The Labute approximate surface area is 87.2 Å². The molecule has 0 aromatic carbocycles. The Hall–Kier alpha value is -0.0900. The van der Waals surface area contributed by atoms with Crippen LogP contribution in [0, 0.1) is 5.92 Å². The second-order valence-electron chi connectivity index (χ2n) is 4.64. The Morgan fingerprint density at radius 2 is 1.93 bits per heavy atom. The molecule has 0 saturated heterocycles. The highest BCUT2D eigenvalue weighted by Crippen LogP contribution is 2.25. The molecule has 4 heteroatoms. The Bertz CT molecular complexity index is 266. The predicted octanol–water partition coefficient (Wildman–Crippen LogP) is 1.20. The van der Waals surface area contributed by atoms with Crippen LogP contribution in [-0.2, 0) is 9.84 Å². The van der Waals surface area contributed by atoms with Gasteiger partial charge in [-0.2, -0.15) is 0 Å². The van der Waals surface area contributed by atoms with Crippen LogP contribution in [0.2, 0.25) is 0 Å². The van der Waals surface area contributed by atoms with E-state index in [0.29, 0.717) is 12.6 Å². The molecule has 0 unspecified atom stereocenters. The zero-order valence-electron chi connectivity index (χ0n) is 9.29. The average molecular weight is 219 g/mol. The summed E-state index contributed by atoms with van der Waals surface area (Å²) in [6.45, 7) is 6.31. The Kier molecular flexibility index (Phi) is 3.95. The first kappa shape index (κ1) is 12.0. The van der Waals surface area contributed by atoms with E-state index in [1.807, 2.05) is 0 Å². The van der Waals surface area contributed by atoms with Gasteiger partial charge in [0.05, 0.1) is 11.0 Å². The standard InChI is InChI=1S/C10H21NO2S/c1-8(2)14(12,13)5-4-11-10-6-9(3)7-10/h8-11H,4-7H2,1-3H3. The summed E-state index contributed by atoms with van der Waals surface area (Å²) in [6, 6.07) is 0.562. The van der Waals surface area contributed by atoms with Crippen molar-refractivity contribution >= 4 is 9.84 Å². The first-order valence-corrected chi connectivity index (χ1v) is 7.08. The van der Waals surface area contributed by atoms with Crippen molar-refractivity contribution in [1.82, 2.24) is 5.32 Å². The van der Waals surface area contributed by atoms with Gasteiger partial charge in [-0.3, -0.25) is 0 Å². The highest BCUT2D eigenvalue weighted by molar-refractivity contribution is 7.92. The van der Waals surface area contributed by atoms with Crippen molar-refractivity contribution in [3.8, 4) is 0 Å². The van der Waals surface area contributed by atoms with Crippen LogP contribution in [0.15, 0.2) is 0 Å². The van der Waals surface area contributed by atoms with E-state index in [1.54, 1.807) is 13.8 Å². The van der Waals surface area contributed by atoms with Gasteiger partial charge in [0.25, 0.3) is 0 Å². The quantitative estimate of drug-likeness (QED) is 0.755. The van der Waals surface area contributed by atoms with Crippen molar-refractivity contribution in [3.05, 3.63) is 0 Å². The van der Waals surface area contributed by atoms with Crippen LogP contribution in [0.1, 0.15) is 33.6 Å². The molecule has 1 N–H and O–H groups in total. The molecule has 0 heterocycles. The van der Waals surface area contributed by atoms with Crippen molar-refractivity contribution in [2.45, 2.75) is 44.9 Å². The van der Waals surface area contributed by atoms with E-state index in [2.05, 4.69) is 12.2 Å². The lowest BCUT2D eigenvalue weighted by atomic mass is 9.82. The van der Waals surface area contributed by atoms with Crippen molar-refractivity contribution in [2.24, 2.45) is 5.92 Å². The van der Waals surface area contributed by atoms with E-state index < -0.39 is 9.84 Å². The summed E-state index contributed by atoms with van der Waals surface area (Å²) in [5.41, 5.74) is 0. The van der Waals surface area contributed by atoms with E-state index in [4.69, 9.17) is 0 Å². The summed E-state index contributed by atoms with van der Waals surface area (Å²) in [5.74, 6) is 1.09. The summed E-state index contributed by atoms with van der Waals surface area (Å²) in [6.07, 6.45) is 2.39. The third-order valence-corrected chi connectivity index (χ3v) is 5.12. The van der Waals surface area contributed by atoms with Crippen LogP contribution in [-0.4, -0.2) is 32.0 Å². The van der Waals surface area contributed by atoms with Crippen LogP contribution in [0.3, 0.4) is 0 Å². The number of hydrogen-bond donors (Lipinski definition) is 1. The molecule has 0 radical (unpaired) electrons. The topological polar surface area (TPSA) is 46.2 Å². The minimum atomic E-state index is -2.85. The van der Waals surface area contributed by atoms with Crippen LogP contribution < -0.4 is 5.32 Å². The summed E-state index contributed by atoms with van der Waals surface area (Å²) in [5, 5.41) is 3.04. The van der Waals surface area contributed by atoms with Crippen molar-refractivity contribution in [2.75, 3.05) is 12.3 Å². The monoisotopic (exact) mass is 219 g/mol. The summed E-state index contributed by atoms with van der Waals surface area (Å²) in [7, 11) is -2.85. The molecular weight excluding hydrogens is 198 g/mol. The third-order valence-electron chi connectivity index (χ3n) is 2.91. The van der Waals surface area contributed by atoms with Crippen LogP contribution in [0.4, 0.5) is 0 Å². The van der Waals surface area contributed by atoms with Gasteiger partial charge in [-0.1, -0.05) is 6.92 Å². The number of sulfone groups is 1. The van der Waals surface area contributed by atoms with E-state index in [-0.39, 0.29) is 11.0 Å². The van der Waals surface area contributed by atoms with Gasteiger partial charge in [-0.25, -0.2) is 8.42 Å². The van der Waals surface area contributed by atoms with E-state index in [1.165, 1.54) is 12.8 Å². The van der Waals surface area contributed by atoms with Gasteiger partial charge >= 0.3 is 0 Å². The van der Waals surface area contributed by atoms with Gasteiger partial charge in [-0.05, 0) is 32.6 Å². The molecule has 1 fully saturated rings. The first-order valence-electron chi connectivity index (χ1n) is 5.36.